The number of hydrogen-bond donors (Lipinski definition) is 1. The molecule has 1 aromatic rings. The zero-order valence-electron chi connectivity index (χ0n) is 16.9. The summed E-state index contributed by atoms with van der Waals surface area (Å²) in [6.45, 7) is 11.7. The van der Waals surface area contributed by atoms with E-state index in [1.165, 1.54) is 0 Å². The van der Waals surface area contributed by atoms with Crippen molar-refractivity contribution in [2.75, 3.05) is 87.5 Å². The van der Waals surface area contributed by atoms with Crippen molar-refractivity contribution in [2.45, 2.75) is 26.6 Å². The van der Waals surface area contributed by atoms with Gasteiger partial charge in [0.05, 0.1) is 26.4 Å². The quantitative estimate of drug-likeness (QED) is 0.571. The van der Waals surface area contributed by atoms with E-state index in [0.29, 0.717) is 70.5 Å². The smallest absolute Gasteiger partial charge is 0.232 e. The number of aromatic nitrogens is 3. The van der Waals surface area contributed by atoms with Crippen LogP contribution in [0.25, 0.3) is 0 Å². The van der Waals surface area contributed by atoms with Gasteiger partial charge in [0.2, 0.25) is 17.8 Å². The number of hydrogen-bond acceptors (Lipinski definition) is 10. The summed E-state index contributed by atoms with van der Waals surface area (Å²) in [5.74, 6) is 1.95. The molecule has 2 aliphatic rings. The number of morpholine rings is 2. The molecule has 10 heteroatoms. The van der Waals surface area contributed by atoms with Gasteiger partial charge >= 0.3 is 0 Å². The Labute approximate surface area is 166 Å². The molecule has 3 rings (SSSR count). The molecule has 2 saturated heterocycles. The van der Waals surface area contributed by atoms with Crippen LogP contribution < -0.4 is 15.1 Å². The van der Waals surface area contributed by atoms with Crippen LogP contribution in [0, 0.1) is 0 Å². The third-order valence-corrected chi connectivity index (χ3v) is 4.57. The second-order valence-electron chi connectivity index (χ2n) is 6.51. The van der Waals surface area contributed by atoms with Crippen LogP contribution >= 0.6 is 0 Å². The second kappa shape index (κ2) is 11.3. The molecule has 0 aromatic carbocycles. The molecule has 158 valence electrons. The topological polar surface area (TPSA) is 94.1 Å². The molecule has 1 aromatic heterocycles. The summed E-state index contributed by atoms with van der Waals surface area (Å²) in [5.41, 5.74) is 0. The standard InChI is InChI=1S/C18H32N6O4/c1-3-27-15(28-4-2)5-6-19-16-20-17(23-7-11-25-12-8-23)22-18(21-16)24-9-13-26-14-10-24/h15H,3-14H2,1-2H3,(H,19,20,21,22). The van der Waals surface area contributed by atoms with E-state index < -0.39 is 0 Å². The molecule has 28 heavy (non-hydrogen) atoms. The molecule has 0 atom stereocenters. The van der Waals surface area contributed by atoms with Gasteiger partial charge in [-0.3, -0.25) is 0 Å². The Balaban J connectivity index is 1.69. The van der Waals surface area contributed by atoms with Crippen LogP contribution in [0.15, 0.2) is 0 Å². The van der Waals surface area contributed by atoms with Crippen molar-refractivity contribution in [1.82, 2.24) is 15.0 Å². The fourth-order valence-electron chi connectivity index (χ4n) is 3.13. The maximum atomic E-state index is 5.60. The van der Waals surface area contributed by atoms with Crippen molar-refractivity contribution in [1.29, 1.82) is 0 Å². The highest BCUT2D eigenvalue weighted by atomic mass is 16.7. The molecule has 0 spiro atoms. The van der Waals surface area contributed by atoms with Gasteiger partial charge in [-0.1, -0.05) is 0 Å². The second-order valence-corrected chi connectivity index (χ2v) is 6.51. The van der Waals surface area contributed by atoms with Crippen LogP contribution in [0.4, 0.5) is 17.8 Å². The van der Waals surface area contributed by atoms with E-state index in [1.807, 2.05) is 13.8 Å². The van der Waals surface area contributed by atoms with Gasteiger partial charge in [-0.2, -0.15) is 15.0 Å². The highest BCUT2D eigenvalue weighted by Gasteiger charge is 2.20. The van der Waals surface area contributed by atoms with Gasteiger partial charge in [0.1, 0.15) is 0 Å². The maximum Gasteiger partial charge on any atom is 0.232 e. The Kier molecular flexibility index (Phi) is 8.46. The molecule has 2 fully saturated rings. The summed E-state index contributed by atoms with van der Waals surface area (Å²) in [6, 6.07) is 0. The largest absolute Gasteiger partial charge is 0.378 e. The molecule has 0 aliphatic carbocycles. The predicted octanol–water partition coefficient (Wildman–Crippen LogP) is 0.746. The summed E-state index contributed by atoms with van der Waals surface area (Å²) in [5, 5.41) is 3.31. The Bertz CT molecular complexity index is 539. The fourth-order valence-corrected chi connectivity index (χ4v) is 3.13. The SMILES string of the molecule is CCOC(CCNc1nc(N2CCOCC2)nc(N2CCOCC2)n1)OCC. The molecule has 3 heterocycles. The first-order valence-corrected chi connectivity index (χ1v) is 10.2. The van der Waals surface area contributed by atoms with Gasteiger partial charge in [-0.25, -0.2) is 0 Å². The maximum absolute atomic E-state index is 5.60. The monoisotopic (exact) mass is 396 g/mol. The van der Waals surface area contributed by atoms with Crippen LogP contribution in [-0.4, -0.2) is 93.6 Å². The highest BCUT2D eigenvalue weighted by molar-refractivity contribution is 5.45. The lowest BCUT2D eigenvalue weighted by Crippen LogP contribution is -2.40. The molecular weight excluding hydrogens is 364 g/mol. The van der Waals surface area contributed by atoms with Crippen LogP contribution in [0.3, 0.4) is 0 Å². The summed E-state index contributed by atoms with van der Waals surface area (Å²) in [4.78, 5) is 18.3. The third-order valence-electron chi connectivity index (χ3n) is 4.57. The summed E-state index contributed by atoms with van der Waals surface area (Å²) >= 11 is 0. The molecule has 1 N–H and O–H groups in total. The van der Waals surface area contributed by atoms with Crippen molar-refractivity contribution in [3.8, 4) is 0 Å². The van der Waals surface area contributed by atoms with Gasteiger partial charge in [0.15, 0.2) is 6.29 Å². The first-order valence-electron chi connectivity index (χ1n) is 10.2. The molecule has 0 saturated carbocycles. The fraction of sp³-hybridized carbons (Fsp3) is 0.833. The summed E-state index contributed by atoms with van der Waals surface area (Å²) in [6.07, 6.45) is 0.495. The molecule has 2 aliphatic heterocycles. The van der Waals surface area contributed by atoms with Crippen LogP contribution in [0.2, 0.25) is 0 Å². The van der Waals surface area contributed by atoms with E-state index in [4.69, 9.17) is 23.9 Å². The molecule has 10 nitrogen and oxygen atoms in total. The lowest BCUT2D eigenvalue weighted by atomic mass is 10.4. The van der Waals surface area contributed by atoms with Crippen LogP contribution in [0.5, 0.6) is 0 Å². The number of anilines is 3. The van der Waals surface area contributed by atoms with E-state index in [9.17, 15) is 0 Å². The normalized spacial score (nSPS) is 18.0. The Morgan fingerprint density at radius 1 is 0.857 bits per heavy atom. The molecule has 0 bridgehead atoms. The lowest BCUT2D eigenvalue weighted by Gasteiger charge is -2.30. The van der Waals surface area contributed by atoms with Crippen LogP contribution in [-0.2, 0) is 18.9 Å². The van der Waals surface area contributed by atoms with Crippen molar-refractivity contribution in [3.63, 3.8) is 0 Å². The Morgan fingerprint density at radius 3 is 1.82 bits per heavy atom. The van der Waals surface area contributed by atoms with Gasteiger partial charge in [-0.05, 0) is 13.8 Å². The first-order chi connectivity index (χ1) is 13.8. The number of nitrogens with zero attached hydrogens (tertiary/aromatic N) is 5. The predicted molar refractivity (Wildman–Crippen MR) is 106 cm³/mol. The van der Waals surface area contributed by atoms with E-state index >= 15 is 0 Å². The molecule has 0 unspecified atom stereocenters. The van der Waals surface area contributed by atoms with E-state index in [2.05, 4.69) is 25.1 Å². The zero-order chi connectivity index (χ0) is 19.6. The van der Waals surface area contributed by atoms with E-state index in [1.54, 1.807) is 0 Å². The van der Waals surface area contributed by atoms with E-state index in [-0.39, 0.29) is 6.29 Å². The minimum absolute atomic E-state index is 0.221. The van der Waals surface area contributed by atoms with Crippen molar-refractivity contribution in [3.05, 3.63) is 0 Å². The summed E-state index contributed by atoms with van der Waals surface area (Å²) < 4.78 is 22.1. The zero-order valence-corrected chi connectivity index (χ0v) is 16.9. The summed E-state index contributed by atoms with van der Waals surface area (Å²) in [7, 11) is 0. The molecule has 0 amide bonds. The highest BCUT2D eigenvalue weighted by Crippen LogP contribution is 2.19. The average Bonchev–Trinajstić information content (AvgIpc) is 2.75. The first kappa shape index (κ1) is 21.0. The molecular formula is C18H32N6O4. The van der Waals surface area contributed by atoms with Gasteiger partial charge in [-0.15, -0.1) is 0 Å². The average molecular weight is 396 g/mol. The van der Waals surface area contributed by atoms with E-state index in [0.717, 1.165) is 26.2 Å². The third kappa shape index (κ3) is 6.13. The minimum atomic E-state index is -0.221. The van der Waals surface area contributed by atoms with Gasteiger partial charge in [0, 0.05) is 52.4 Å². The minimum Gasteiger partial charge on any atom is -0.378 e. The Morgan fingerprint density at radius 2 is 1.36 bits per heavy atom. The van der Waals surface area contributed by atoms with Crippen molar-refractivity contribution < 1.29 is 18.9 Å². The van der Waals surface area contributed by atoms with Gasteiger partial charge < -0.3 is 34.1 Å². The van der Waals surface area contributed by atoms with Gasteiger partial charge in [0.25, 0.3) is 0 Å². The molecule has 0 radical (unpaired) electrons. The lowest BCUT2D eigenvalue weighted by molar-refractivity contribution is -0.137. The van der Waals surface area contributed by atoms with Crippen LogP contribution in [0.1, 0.15) is 20.3 Å². The number of nitrogens with one attached hydrogen (secondary N) is 1. The van der Waals surface area contributed by atoms with Crippen molar-refractivity contribution in [2.24, 2.45) is 0 Å². The number of rotatable bonds is 10. The number of ether oxygens (including phenoxy) is 4. The van der Waals surface area contributed by atoms with Crippen molar-refractivity contribution >= 4 is 17.8 Å². The Hall–Kier alpha value is -1.75.